The van der Waals surface area contributed by atoms with Crippen molar-refractivity contribution in [3.8, 4) is 0 Å². The fourth-order valence-corrected chi connectivity index (χ4v) is 3.60. The summed E-state index contributed by atoms with van der Waals surface area (Å²) < 4.78 is 32.9. The Kier molecular flexibility index (Phi) is 4.96. The van der Waals surface area contributed by atoms with Crippen molar-refractivity contribution in [3.63, 3.8) is 0 Å². The van der Waals surface area contributed by atoms with E-state index in [2.05, 4.69) is 20.8 Å². The summed E-state index contributed by atoms with van der Waals surface area (Å²) in [5, 5.41) is 13.3. The summed E-state index contributed by atoms with van der Waals surface area (Å²) in [6.07, 6.45) is 0.287. The van der Waals surface area contributed by atoms with E-state index in [1.165, 1.54) is 9.58 Å². The number of aromatic nitrogens is 4. The van der Waals surface area contributed by atoms with Gasteiger partial charge in [-0.2, -0.15) is 8.42 Å². The van der Waals surface area contributed by atoms with Gasteiger partial charge in [0.1, 0.15) is 6.04 Å². The molecule has 2 N–H and O–H groups in total. The van der Waals surface area contributed by atoms with E-state index in [0.717, 1.165) is 0 Å². The summed E-state index contributed by atoms with van der Waals surface area (Å²) in [6.45, 7) is 0.294. The topological polar surface area (TPSA) is 151 Å². The Morgan fingerprint density at radius 1 is 1.48 bits per heavy atom. The summed E-state index contributed by atoms with van der Waals surface area (Å²) in [6, 6.07) is -2.08. The molecule has 12 nitrogen and oxygen atoms in total. The third-order valence-electron chi connectivity index (χ3n) is 3.75. The van der Waals surface area contributed by atoms with Crippen LogP contribution in [0.15, 0.2) is 0 Å². The molecule has 3 rings (SSSR count). The number of nitrogens with one attached hydrogen (secondary N) is 1. The molecular formula is C9H14N7NaO5S. The van der Waals surface area contributed by atoms with Crippen molar-refractivity contribution in [2.75, 3.05) is 6.54 Å². The van der Waals surface area contributed by atoms with E-state index < -0.39 is 34.3 Å². The molecule has 14 heteroatoms. The van der Waals surface area contributed by atoms with Crippen molar-refractivity contribution in [3.05, 3.63) is 5.82 Å². The van der Waals surface area contributed by atoms with Gasteiger partial charge in [-0.15, -0.1) is 5.10 Å². The zero-order valence-electron chi connectivity index (χ0n) is 11.4. The summed E-state index contributed by atoms with van der Waals surface area (Å²) in [4.78, 5) is 25.2. The minimum absolute atomic E-state index is 0. The van der Waals surface area contributed by atoms with Gasteiger partial charge in [-0.05, 0) is 16.8 Å². The number of rotatable bonds is 3. The Morgan fingerprint density at radius 2 is 2.17 bits per heavy atom. The predicted molar refractivity (Wildman–Crippen MR) is 75.5 cm³/mol. The molecular weight excluding hydrogens is 341 g/mol. The van der Waals surface area contributed by atoms with Gasteiger partial charge in [0.05, 0.1) is 12.6 Å². The first-order valence-electron chi connectivity index (χ1n) is 6.37. The summed E-state index contributed by atoms with van der Waals surface area (Å²) in [5.41, 5.74) is 0. The quantitative estimate of drug-likeness (QED) is 0.328. The van der Waals surface area contributed by atoms with Crippen molar-refractivity contribution in [1.29, 1.82) is 0 Å². The molecule has 1 aromatic rings. The van der Waals surface area contributed by atoms with Gasteiger partial charge in [-0.3, -0.25) is 9.35 Å². The van der Waals surface area contributed by atoms with Gasteiger partial charge in [0, 0.05) is 13.6 Å². The van der Waals surface area contributed by atoms with Crippen LogP contribution < -0.4 is 5.32 Å². The molecule has 0 aliphatic carbocycles. The average molecular weight is 355 g/mol. The number of amides is 3. The Balaban J connectivity index is 0.00000192. The van der Waals surface area contributed by atoms with Crippen LogP contribution in [0.3, 0.4) is 0 Å². The third-order valence-corrected chi connectivity index (χ3v) is 4.70. The second-order valence-electron chi connectivity index (χ2n) is 4.98. The van der Waals surface area contributed by atoms with Crippen LogP contribution >= 0.6 is 0 Å². The average Bonchev–Trinajstić information content (AvgIpc) is 2.98. The van der Waals surface area contributed by atoms with Crippen molar-refractivity contribution < 1.29 is 22.6 Å². The number of fused-ring (bicyclic) bond motifs is 1. The molecule has 2 aliphatic heterocycles. The number of nitrogens with zero attached hydrogens (tertiary/aromatic N) is 6. The van der Waals surface area contributed by atoms with Gasteiger partial charge in [0.25, 0.3) is 5.91 Å². The predicted octanol–water partition coefficient (Wildman–Crippen LogP) is -3.14. The Bertz CT molecular complexity index is 736. The van der Waals surface area contributed by atoms with Crippen molar-refractivity contribution in [2.24, 2.45) is 7.05 Å². The van der Waals surface area contributed by atoms with Crippen LogP contribution in [0.5, 0.6) is 0 Å². The molecule has 2 aliphatic rings. The van der Waals surface area contributed by atoms with Crippen LogP contribution in [-0.4, -0.2) is 103 Å². The Hall–Kier alpha value is -1.28. The first kappa shape index (κ1) is 18.1. The van der Waals surface area contributed by atoms with Crippen molar-refractivity contribution >= 4 is 51.8 Å². The molecule has 122 valence electrons. The monoisotopic (exact) mass is 355 g/mol. The molecule has 2 fully saturated rings. The van der Waals surface area contributed by atoms with Crippen LogP contribution in [0.25, 0.3) is 0 Å². The van der Waals surface area contributed by atoms with Gasteiger partial charge in [-0.25, -0.2) is 13.8 Å². The SMILES string of the molecule is Cn1nnnc1CNC(=O)N1CC[C@@H]2[C@H]1C(=O)N2S(=O)(=O)O.[NaH]. The van der Waals surface area contributed by atoms with E-state index in [1.54, 1.807) is 7.05 Å². The minimum atomic E-state index is -4.58. The molecule has 0 spiro atoms. The first-order valence-corrected chi connectivity index (χ1v) is 7.77. The molecule has 2 atom stereocenters. The number of β-lactam (4-membered cyclic amide) rings is 1. The van der Waals surface area contributed by atoms with Gasteiger partial charge < -0.3 is 10.2 Å². The van der Waals surface area contributed by atoms with E-state index in [4.69, 9.17) is 4.55 Å². The van der Waals surface area contributed by atoms with Gasteiger partial charge >= 0.3 is 45.9 Å². The summed E-state index contributed by atoms with van der Waals surface area (Å²) >= 11 is 0. The van der Waals surface area contributed by atoms with Crippen LogP contribution in [0, 0.1) is 0 Å². The molecule has 0 radical (unpaired) electrons. The van der Waals surface area contributed by atoms with E-state index >= 15 is 0 Å². The molecule has 0 unspecified atom stereocenters. The van der Waals surface area contributed by atoms with E-state index in [1.807, 2.05) is 0 Å². The normalized spacial score (nSPS) is 23.1. The van der Waals surface area contributed by atoms with Crippen molar-refractivity contribution in [1.82, 2.24) is 34.7 Å². The molecule has 23 heavy (non-hydrogen) atoms. The summed E-state index contributed by atoms with van der Waals surface area (Å²) in [5.74, 6) is -0.371. The maximum atomic E-state index is 12.1. The fourth-order valence-electron chi connectivity index (χ4n) is 2.70. The van der Waals surface area contributed by atoms with Gasteiger partial charge in [0.15, 0.2) is 5.82 Å². The summed E-state index contributed by atoms with van der Waals surface area (Å²) in [7, 11) is -2.96. The number of urea groups is 1. The zero-order valence-corrected chi connectivity index (χ0v) is 12.3. The van der Waals surface area contributed by atoms with E-state index in [9.17, 15) is 18.0 Å². The molecule has 3 heterocycles. The molecule has 0 aromatic carbocycles. The van der Waals surface area contributed by atoms with Crippen LogP contribution in [0.2, 0.25) is 0 Å². The number of aryl methyl sites for hydroxylation is 1. The third kappa shape index (κ3) is 3.06. The zero-order chi connectivity index (χ0) is 16.1. The standard InChI is InChI=1S/C9H13N7O5S.Na.H/c1-14-6(11-12-13-14)4-10-9(18)15-3-2-5-7(15)8(17)16(5)22(19,20)21;;/h5,7H,2-4H2,1H3,(H,10,18)(H,19,20,21);;/t5-,7+;;/m1../s1. The van der Waals surface area contributed by atoms with E-state index in [0.29, 0.717) is 10.1 Å². The van der Waals surface area contributed by atoms with Crippen LogP contribution in [-0.2, 0) is 28.7 Å². The Morgan fingerprint density at radius 3 is 2.74 bits per heavy atom. The second-order valence-corrected chi connectivity index (χ2v) is 6.27. The number of hydrogen-bond acceptors (Lipinski definition) is 7. The number of hydrogen-bond donors (Lipinski definition) is 2. The number of carbonyl (C=O) groups excluding carboxylic acids is 2. The number of likely N-dealkylation sites (tertiary alicyclic amines) is 1. The molecule has 0 saturated carbocycles. The van der Waals surface area contributed by atoms with Crippen molar-refractivity contribution in [2.45, 2.75) is 25.0 Å². The molecule has 1 aromatic heterocycles. The van der Waals surface area contributed by atoms with Gasteiger partial charge in [-0.1, -0.05) is 0 Å². The molecule has 0 bridgehead atoms. The van der Waals surface area contributed by atoms with Crippen LogP contribution in [0.1, 0.15) is 12.2 Å². The number of carbonyl (C=O) groups is 2. The molecule has 3 amide bonds. The second kappa shape index (κ2) is 6.32. The Labute approximate surface area is 153 Å². The number of tetrazole rings is 1. The molecule has 2 saturated heterocycles. The first-order chi connectivity index (χ1) is 10.3. The van der Waals surface area contributed by atoms with E-state index in [-0.39, 0.29) is 49.1 Å². The fraction of sp³-hybridized carbons (Fsp3) is 0.667. The van der Waals surface area contributed by atoms with Crippen LogP contribution in [0.4, 0.5) is 4.79 Å². The van der Waals surface area contributed by atoms with Gasteiger partial charge in [0.2, 0.25) is 0 Å². The maximum absolute atomic E-state index is 12.1.